The van der Waals surface area contributed by atoms with Crippen LogP contribution >= 0.6 is 77.6 Å². The van der Waals surface area contributed by atoms with Gasteiger partial charge in [0.25, 0.3) is 0 Å². The van der Waals surface area contributed by atoms with Gasteiger partial charge in [0, 0.05) is 19.3 Å². The van der Waals surface area contributed by atoms with Crippen molar-refractivity contribution in [1.29, 1.82) is 0 Å². The summed E-state index contributed by atoms with van der Waals surface area (Å²) >= 11 is 10.8. The molecule has 0 saturated carbocycles. The average Bonchev–Trinajstić information content (AvgIpc) is 3.41. The van der Waals surface area contributed by atoms with Crippen LogP contribution in [0.3, 0.4) is 0 Å². The molecular formula is C18H8Br2F2O4S4. The van der Waals surface area contributed by atoms with Crippen molar-refractivity contribution in [2.24, 2.45) is 0 Å². The minimum absolute atomic E-state index is 0.00621. The van der Waals surface area contributed by atoms with Crippen LogP contribution in [0, 0.1) is 11.6 Å². The molecule has 0 spiro atoms. The standard InChI is InChI=1S/C18H8Br2F2O4S4/c19-11-1-6(16(23)24)13(30-11)9-2-7(21)14(28-9)15-8(22)3-10(29-15)18(17(25)26)4-12(20)27-5-18/h1-4H,5H2,(H,23,24)(H,25,26). The number of thioether (sulfide) groups is 1. The van der Waals surface area contributed by atoms with E-state index in [9.17, 15) is 28.6 Å². The maximum absolute atomic E-state index is 14.8. The molecule has 1 atom stereocenters. The van der Waals surface area contributed by atoms with Gasteiger partial charge in [-0.05, 0) is 56.1 Å². The Morgan fingerprint density at radius 1 is 0.967 bits per heavy atom. The number of carboxylic acids is 2. The lowest BCUT2D eigenvalue weighted by Crippen LogP contribution is -2.33. The molecule has 0 bridgehead atoms. The zero-order valence-electron chi connectivity index (χ0n) is 14.4. The van der Waals surface area contributed by atoms with Crippen LogP contribution in [-0.4, -0.2) is 27.9 Å². The number of halogens is 4. The van der Waals surface area contributed by atoms with Gasteiger partial charge < -0.3 is 10.2 Å². The highest BCUT2D eigenvalue weighted by Gasteiger charge is 2.44. The van der Waals surface area contributed by atoms with Gasteiger partial charge >= 0.3 is 11.9 Å². The van der Waals surface area contributed by atoms with E-state index in [0.29, 0.717) is 17.4 Å². The van der Waals surface area contributed by atoms with Gasteiger partial charge in [-0.25, -0.2) is 13.6 Å². The minimum atomic E-state index is -1.39. The predicted octanol–water partition coefficient (Wildman–Crippen LogP) is 7.25. The molecule has 12 heteroatoms. The molecule has 1 aliphatic heterocycles. The largest absolute Gasteiger partial charge is 0.480 e. The van der Waals surface area contributed by atoms with E-state index in [2.05, 4.69) is 31.9 Å². The third-order valence-corrected chi connectivity index (χ3v) is 10.6. The molecule has 4 heterocycles. The highest BCUT2D eigenvalue weighted by atomic mass is 79.9. The third-order valence-electron chi connectivity index (χ3n) is 4.35. The Labute approximate surface area is 201 Å². The van der Waals surface area contributed by atoms with E-state index in [1.807, 2.05) is 0 Å². The first-order valence-corrected chi connectivity index (χ1v) is 13.0. The number of carboxylic acid groups (broad SMARTS) is 2. The summed E-state index contributed by atoms with van der Waals surface area (Å²) in [6.45, 7) is 0. The van der Waals surface area contributed by atoms with Crippen LogP contribution in [0.4, 0.5) is 8.78 Å². The van der Waals surface area contributed by atoms with E-state index in [-0.39, 0.29) is 25.9 Å². The Balaban J connectivity index is 1.81. The number of carbonyl (C=O) groups is 2. The molecular weight excluding hydrogens is 606 g/mol. The summed E-state index contributed by atoms with van der Waals surface area (Å²) in [6.07, 6.45) is 1.52. The van der Waals surface area contributed by atoms with Crippen molar-refractivity contribution in [3.63, 3.8) is 0 Å². The van der Waals surface area contributed by atoms with Gasteiger partial charge in [-0.1, -0.05) is 0 Å². The van der Waals surface area contributed by atoms with E-state index in [4.69, 9.17) is 0 Å². The van der Waals surface area contributed by atoms with Gasteiger partial charge in [0.05, 0.1) is 24.0 Å². The quantitative estimate of drug-likeness (QED) is 0.317. The van der Waals surface area contributed by atoms with Crippen LogP contribution in [0.25, 0.3) is 19.5 Å². The van der Waals surface area contributed by atoms with Crippen molar-refractivity contribution in [2.45, 2.75) is 5.41 Å². The maximum Gasteiger partial charge on any atom is 0.337 e. The molecule has 0 aromatic carbocycles. The van der Waals surface area contributed by atoms with E-state index in [0.717, 1.165) is 40.1 Å². The second kappa shape index (κ2) is 8.14. The molecule has 4 rings (SSSR count). The normalized spacial score (nSPS) is 18.6. The summed E-state index contributed by atoms with van der Waals surface area (Å²) in [6, 6.07) is 3.75. The Hall–Kier alpha value is -1.05. The highest BCUT2D eigenvalue weighted by molar-refractivity contribution is 9.14. The van der Waals surface area contributed by atoms with Gasteiger partial charge in [0.2, 0.25) is 0 Å². The summed E-state index contributed by atoms with van der Waals surface area (Å²) in [5.74, 6) is -3.46. The van der Waals surface area contributed by atoms with E-state index in [1.54, 1.807) is 0 Å². The molecule has 0 amide bonds. The zero-order valence-corrected chi connectivity index (χ0v) is 20.8. The molecule has 4 nitrogen and oxygen atoms in total. The summed E-state index contributed by atoms with van der Waals surface area (Å²) in [7, 11) is 0. The Bertz CT molecular complexity index is 1230. The van der Waals surface area contributed by atoms with E-state index in [1.165, 1.54) is 30.0 Å². The first-order chi connectivity index (χ1) is 14.1. The van der Waals surface area contributed by atoms with Gasteiger partial charge in [-0.15, -0.1) is 45.8 Å². The smallest absolute Gasteiger partial charge is 0.337 e. The summed E-state index contributed by atoms with van der Waals surface area (Å²) in [5, 5.41) is 19.1. The van der Waals surface area contributed by atoms with Crippen LogP contribution in [0.5, 0.6) is 0 Å². The molecule has 0 saturated heterocycles. The second-order valence-electron chi connectivity index (χ2n) is 6.19. The lowest BCUT2D eigenvalue weighted by molar-refractivity contribution is -0.140. The first kappa shape index (κ1) is 22.2. The zero-order chi connectivity index (χ0) is 21.8. The van der Waals surface area contributed by atoms with Crippen LogP contribution in [-0.2, 0) is 10.2 Å². The van der Waals surface area contributed by atoms with Crippen molar-refractivity contribution >= 4 is 89.6 Å². The monoisotopic (exact) mass is 612 g/mol. The van der Waals surface area contributed by atoms with Crippen LogP contribution in [0.2, 0.25) is 0 Å². The molecule has 2 N–H and O–H groups in total. The molecule has 3 aromatic rings. The molecule has 1 unspecified atom stereocenters. The topological polar surface area (TPSA) is 74.6 Å². The number of thiophene rings is 3. The van der Waals surface area contributed by atoms with Gasteiger partial charge in [0.15, 0.2) is 0 Å². The highest BCUT2D eigenvalue weighted by Crippen LogP contribution is 2.50. The fourth-order valence-corrected chi connectivity index (χ4v) is 8.81. The predicted molar refractivity (Wildman–Crippen MR) is 124 cm³/mol. The number of aliphatic carboxylic acids is 1. The van der Waals surface area contributed by atoms with Crippen molar-refractivity contribution in [2.75, 3.05) is 5.75 Å². The summed E-state index contributed by atoms with van der Waals surface area (Å²) < 4.78 is 30.8. The van der Waals surface area contributed by atoms with Crippen LogP contribution in [0.1, 0.15) is 15.2 Å². The van der Waals surface area contributed by atoms with Gasteiger partial charge in [0.1, 0.15) is 17.0 Å². The number of hydrogen-bond acceptors (Lipinski definition) is 6. The second-order valence-corrected chi connectivity index (χ2v) is 13.1. The van der Waals surface area contributed by atoms with E-state index < -0.39 is 29.0 Å². The molecule has 0 aliphatic carbocycles. The molecule has 0 fully saturated rings. The fourth-order valence-electron chi connectivity index (χ4n) is 2.91. The van der Waals surface area contributed by atoms with Crippen molar-refractivity contribution in [1.82, 2.24) is 0 Å². The lowest BCUT2D eigenvalue weighted by Gasteiger charge is -2.19. The molecule has 156 valence electrons. The van der Waals surface area contributed by atoms with Crippen LogP contribution < -0.4 is 0 Å². The number of hydrogen-bond donors (Lipinski definition) is 2. The van der Waals surface area contributed by atoms with Crippen molar-refractivity contribution in [3.8, 4) is 19.5 Å². The molecule has 3 aromatic heterocycles. The Kier molecular flexibility index (Phi) is 6.01. The first-order valence-electron chi connectivity index (χ1n) is 7.99. The van der Waals surface area contributed by atoms with Gasteiger partial charge in [-0.3, -0.25) is 4.79 Å². The van der Waals surface area contributed by atoms with Crippen LogP contribution in [0.15, 0.2) is 31.9 Å². The Morgan fingerprint density at radius 2 is 1.63 bits per heavy atom. The SMILES string of the molecule is O=C(O)c1cc(Br)sc1-c1cc(F)c(-c2sc(C3(C(=O)O)C=C(Br)SC3)cc2F)s1. The van der Waals surface area contributed by atoms with Gasteiger partial charge in [-0.2, -0.15) is 0 Å². The lowest BCUT2D eigenvalue weighted by atomic mass is 9.89. The van der Waals surface area contributed by atoms with Crippen molar-refractivity contribution < 1.29 is 28.6 Å². The number of rotatable bonds is 5. The fraction of sp³-hybridized carbons (Fsp3) is 0.111. The average molecular weight is 614 g/mol. The van der Waals surface area contributed by atoms with Crippen molar-refractivity contribution in [3.05, 3.63) is 54.0 Å². The summed E-state index contributed by atoms with van der Waals surface area (Å²) in [4.78, 5) is 24.4. The minimum Gasteiger partial charge on any atom is -0.480 e. The summed E-state index contributed by atoms with van der Waals surface area (Å²) in [5.41, 5.74) is -1.37. The molecule has 1 aliphatic rings. The maximum atomic E-state index is 14.8. The third kappa shape index (κ3) is 3.71. The number of aromatic carboxylic acids is 1. The van der Waals surface area contributed by atoms with E-state index >= 15 is 0 Å². The Morgan fingerprint density at radius 3 is 2.23 bits per heavy atom. The molecule has 0 radical (unpaired) electrons. The molecule has 30 heavy (non-hydrogen) atoms.